The van der Waals surface area contributed by atoms with E-state index in [2.05, 4.69) is 5.32 Å². The van der Waals surface area contributed by atoms with Gasteiger partial charge in [0.25, 0.3) is 5.91 Å². The van der Waals surface area contributed by atoms with E-state index < -0.39 is 0 Å². The minimum atomic E-state index is -0.163. The van der Waals surface area contributed by atoms with Gasteiger partial charge in [0.15, 0.2) is 5.11 Å². The number of thiocarbonyl (C=S) groups is 1. The highest BCUT2D eigenvalue weighted by Gasteiger charge is 2.31. The summed E-state index contributed by atoms with van der Waals surface area (Å²) in [6.45, 7) is 2.00. The van der Waals surface area contributed by atoms with Crippen molar-refractivity contribution >= 4 is 46.6 Å². The first-order valence-electron chi connectivity index (χ1n) is 6.74. The Labute approximate surface area is 139 Å². The molecule has 22 heavy (non-hydrogen) atoms. The van der Waals surface area contributed by atoms with Gasteiger partial charge in [-0.25, -0.2) is 0 Å². The highest BCUT2D eigenvalue weighted by molar-refractivity contribution is 7.80. The van der Waals surface area contributed by atoms with Crippen molar-refractivity contribution in [1.29, 1.82) is 0 Å². The molecule has 1 aliphatic heterocycles. The van der Waals surface area contributed by atoms with Gasteiger partial charge in [-0.15, -0.1) is 0 Å². The summed E-state index contributed by atoms with van der Waals surface area (Å²) >= 11 is 11.1. The number of anilines is 1. The Hall–Kier alpha value is -2.17. The lowest BCUT2D eigenvalue weighted by molar-refractivity contribution is -0.113. The lowest BCUT2D eigenvalue weighted by atomic mass is 10.2. The molecule has 0 bridgehead atoms. The van der Waals surface area contributed by atoms with Gasteiger partial charge in [0.2, 0.25) is 0 Å². The zero-order chi connectivity index (χ0) is 15.7. The lowest BCUT2D eigenvalue weighted by Crippen LogP contribution is -2.30. The number of carbonyl (C=O) groups is 1. The SMILES string of the molecule is Cc1ccc(N2C(=O)C(=Cc3ccc(Cl)cc3)NC2=S)cc1. The summed E-state index contributed by atoms with van der Waals surface area (Å²) < 4.78 is 0. The number of aryl methyl sites for hydroxylation is 1. The quantitative estimate of drug-likeness (QED) is 0.670. The summed E-state index contributed by atoms with van der Waals surface area (Å²) in [5.74, 6) is -0.163. The summed E-state index contributed by atoms with van der Waals surface area (Å²) in [7, 11) is 0. The number of amides is 1. The van der Waals surface area contributed by atoms with Crippen LogP contribution in [-0.4, -0.2) is 11.0 Å². The van der Waals surface area contributed by atoms with Crippen LogP contribution in [0, 0.1) is 6.92 Å². The fraction of sp³-hybridized carbons (Fsp3) is 0.0588. The molecule has 110 valence electrons. The Morgan fingerprint density at radius 3 is 2.36 bits per heavy atom. The van der Waals surface area contributed by atoms with Crippen molar-refractivity contribution in [3.63, 3.8) is 0 Å². The van der Waals surface area contributed by atoms with E-state index in [1.807, 2.05) is 43.3 Å². The first-order valence-corrected chi connectivity index (χ1v) is 7.52. The van der Waals surface area contributed by atoms with E-state index in [4.69, 9.17) is 23.8 Å². The third kappa shape index (κ3) is 2.89. The second-order valence-electron chi connectivity index (χ2n) is 5.02. The van der Waals surface area contributed by atoms with Gasteiger partial charge in [0.05, 0.1) is 5.69 Å². The molecule has 0 spiro atoms. The zero-order valence-corrected chi connectivity index (χ0v) is 13.4. The molecule has 3 nitrogen and oxygen atoms in total. The molecule has 0 atom stereocenters. The van der Waals surface area contributed by atoms with E-state index in [9.17, 15) is 4.79 Å². The zero-order valence-electron chi connectivity index (χ0n) is 11.8. The minimum absolute atomic E-state index is 0.163. The molecule has 1 amide bonds. The van der Waals surface area contributed by atoms with Crippen LogP contribution in [0.2, 0.25) is 5.02 Å². The van der Waals surface area contributed by atoms with E-state index in [0.29, 0.717) is 15.8 Å². The van der Waals surface area contributed by atoms with Crippen molar-refractivity contribution in [2.45, 2.75) is 6.92 Å². The van der Waals surface area contributed by atoms with E-state index in [1.54, 1.807) is 18.2 Å². The van der Waals surface area contributed by atoms with Crippen LogP contribution in [0.1, 0.15) is 11.1 Å². The first-order chi connectivity index (χ1) is 10.5. The van der Waals surface area contributed by atoms with Crippen molar-refractivity contribution in [1.82, 2.24) is 5.32 Å². The van der Waals surface area contributed by atoms with Crippen molar-refractivity contribution in [2.75, 3.05) is 4.90 Å². The molecule has 0 saturated carbocycles. The average molecular weight is 329 g/mol. The van der Waals surface area contributed by atoms with Crippen LogP contribution in [0.15, 0.2) is 54.2 Å². The van der Waals surface area contributed by atoms with Crippen LogP contribution < -0.4 is 10.2 Å². The maximum Gasteiger partial charge on any atom is 0.281 e. The van der Waals surface area contributed by atoms with Gasteiger partial charge >= 0.3 is 0 Å². The Kier molecular flexibility index (Phi) is 3.96. The standard InChI is InChI=1S/C17H13ClN2OS/c1-11-2-8-14(9-3-11)20-16(21)15(19-17(20)22)10-12-4-6-13(18)7-5-12/h2-10H,1H3,(H,19,22). The maximum atomic E-state index is 12.6. The van der Waals surface area contributed by atoms with Crippen LogP contribution >= 0.6 is 23.8 Å². The maximum absolute atomic E-state index is 12.6. The summed E-state index contributed by atoms with van der Waals surface area (Å²) in [5.41, 5.74) is 3.22. The topological polar surface area (TPSA) is 32.3 Å². The van der Waals surface area contributed by atoms with Gasteiger partial charge in [-0.05, 0) is 55.0 Å². The number of nitrogens with one attached hydrogen (secondary N) is 1. The Balaban J connectivity index is 1.91. The summed E-state index contributed by atoms with van der Waals surface area (Å²) in [6, 6.07) is 14.9. The van der Waals surface area contributed by atoms with Crippen molar-refractivity contribution in [3.8, 4) is 0 Å². The van der Waals surface area contributed by atoms with Crippen LogP contribution in [-0.2, 0) is 4.79 Å². The van der Waals surface area contributed by atoms with Crippen LogP contribution in [0.3, 0.4) is 0 Å². The van der Waals surface area contributed by atoms with E-state index >= 15 is 0 Å². The third-order valence-corrected chi connectivity index (χ3v) is 3.89. The van der Waals surface area contributed by atoms with Crippen molar-refractivity contribution in [3.05, 3.63) is 70.4 Å². The second-order valence-corrected chi connectivity index (χ2v) is 5.84. The number of nitrogens with zero attached hydrogens (tertiary/aromatic N) is 1. The van der Waals surface area contributed by atoms with E-state index in [-0.39, 0.29) is 5.91 Å². The number of hydrogen-bond donors (Lipinski definition) is 1. The number of hydrogen-bond acceptors (Lipinski definition) is 2. The van der Waals surface area contributed by atoms with Crippen LogP contribution in [0.4, 0.5) is 5.69 Å². The molecule has 0 radical (unpaired) electrons. The number of halogens is 1. The monoisotopic (exact) mass is 328 g/mol. The molecule has 0 aromatic heterocycles. The Morgan fingerprint density at radius 1 is 1.09 bits per heavy atom. The van der Waals surface area contributed by atoms with Gasteiger partial charge in [-0.3, -0.25) is 9.69 Å². The summed E-state index contributed by atoms with van der Waals surface area (Å²) in [4.78, 5) is 14.1. The number of benzene rings is 2. The molecule has 1 aliphatic rings. The number of rotatable bonds is 2. The Bertz CT molecular complexity index is 766. The first kappa shape index (κ1) is 14.8. The molecule has 1 saturated heterocycles. The van der Waals surface area contributed by atoms with Crippen molar-refractivity contribution < 1.29 is 4.79 Å². The predicted molar refractivity (Wildman–Crippen MR) is 93.8 cm³/mol. The summed E-state index contributed by atoms with van der Waals surface area (Å²) in [5, 5.41) is 4.01. The van der Waals surface area contributed by atoms with Crippen LogP contribution in [0.25, 0.3) is 6.08 Å². The molecule has 5 heteroatoms. The predicted octanol–water partition coefficient (Wildman–Crippen LogP) is 3.91. The van der Waals surface area contributed by atoms with Crippen molar-refractivity contribution in [2.24, 2.45) is 0 Å². The molecule has 0 unspecified atom stereocenters. The third-order valence-electron chi connectivity index (χ3n) is 3.35. The average Bonchev–Trinajstić information content (AvgIpc) is 2.77. The number of carbonyl (C=O) groups excluding carboxylic acids is 1. The minimum Gasteiger partial charge on any atom is -0.327 e. The van der Waals surface area contributed by atoms with Gasteiger partial charge in [0, 0.05) is 5.02 Å². The molecular formula is C17H13ClN2OS. The Morgan fingerprint density at radius 2 is 1.73 bits per heavy atom. The molecule has 1 fully saturated rings. The van der Waals surface area contributed by atoms with Gasteiger partial charge < -0.3 is 5.32 Å². The summed E-state index contributed by atoms with van der Waals surface area (Å²) in [6.07, 6.45) is 1.76. The fourth-order valence-electron chi connectivity index (χ4n) is 2.19. The molecule has 2 aromatic rings. The van der Waals surface area contributed by atoms with E-state index in [0.717, 1.165) is 16.8 Å². The fourth-order valence-corrected chi connectivity index (χ4v) is 2.61. The lowest BCUT2D eigenvalue weighted by Gasteiger charge is -2.13. The molecule has 3 rings (SSSR count). The van der Waals surface area contributed by atoms with Gasteiger partial charge in [0.1, 0.15) is 5.70 Å². The second kappa shape index (κ2) is 5.91. The molecule has 1 heterocycles. The molecule has 0 aliphatic carbocycles. The van der Waals surface area contributed by atoms with Gasteiger partial charge in [-0.1, -0.05) is 41.4 Å². The van der Waals surface area contributed by atoms with Crippen LogP contribution in [0.5, 0.6) is 0 Å². The molecular weight excluding hydrogens is 316 g/mol. The van der Waals surface area contributed by atoms with E-state index in [1.165, 1.54) is 4.90 Å². The smallest absolute Gasteiger partial charge is 0.281 e. The highest BCUT2D eigenvalue weighted by Crippen LogP contribution is 2.23. The highest BCUT2D eigenvalue weighted by atomic mass is 35.5. The largest absolute Gasteiger partial charge is 0.327 e. The molecule has 2 aromatic carbocycles. The molecule has 1 N–H and O–H groups in total. The van der Waals surface area contributed by atoms with Gasteiger partial charge in [-0.2, -0.15) is 0 Å². The normalized spacial score (nSPS) is 16.3.